The summed E-state index contributed by atoms with van der Waals surface area (Å²) < 4.78 is 10.3. The van der Waals surface area contributed by atoms with Gasteiger partial charge in [0, 0.05) is 4.90 Å². The zero-order valence-electron chi connectivity index (χ0n) is 9.73. The number of hydrogen-bond donors (Lipinski definition) is 0. The van der Waals surface area contributed by atoms with E-state index in [2.05, 4.69) is 0 Å². The molecule has 1 rings (SSSR count). The first-order valence-corrected chi connectivity index (χ1v) is 6.04. The lowest BCUT2D eigenvalue weighted by Gasteiger charge is -2.09. The SMILES string of the molecule is CCOC(=O)Sc1ccc(OC(C)C)cc1. The largest absolute Gasteiger partial charge is 0.491 e. The maximum Gasteiger partial charge on any atom is 0.372 e. The predicted molar refractivity (Wildman–Crippen MR) is 65.1 cm³/mol. The maximum atomic E-state index is 11.2. The van der Waals surface area contributed by atoms with Crippen LogP contribution in [0.25, 0.3) is 0 Å². The van der Waals surface area contributed by atoms with Gasteiger partial charge >= 0.3 is 5.30 Å². The first kappa shape index (κ1) is 12.9. The van der Waals surface area contributed by atoms with Crippen molar-refractivity contribution in [3.8, 4) is 5.75 Å². The highest BCUT2D eigenvalue weighted by atomic mass is 32.2. The number of thioether (sulfide) groups is 1. The Morgan fingerprint density at radius 1 is 1.31 bits per heavy atom. The average Bonchev–Trinajstić information content (AvgIpc) is 2.20. The van der Waals surface area contributed by atoms with Crippen LogP contribution in [0.1, 0.15) is 20.8 Å². The normalized spacial score (nSPS) is 10.2. The third kappa shape index (κ3) is 4.57. The van der Waals surface area contributed by atoms with Crippen molar-refractivity contribution in [2.75, 3.05) is 6.61 Å². The minimum Gasteiger partial charge on any atom is -0.491 e. The molecule has 0 spiro atoms. The van der Waals surface area contributed by atoms with Gasteiger partial charge in [-0.2, -0.15) is 0 Å². The molecule has 0 amide bonds. The molecule has 0 saturated heterocycles. The van der Waals surface area contributed by atoms with Gasteiger partial charge in [-0.25, -0.2) is 4.79 Å². The van der Waals surface area contributed by atoms with Gasteiger partial charge in [0.05, 0.1) is 12.7 Å². The number of rotatable bonds is 4. The van der Waals surface area contributed by atoms with Crippen LogP contribution in [0.2, 0.25) is 0 Å². The standard InChI is InChI=1S/C12H16O3S/c1-4-14-12(13)16-11-7-5-10(6-8-11)15-9(2)3/h5-9H,4H2,1-3H3. The molecule has 0 N–H and O–H groups in total. The van der Waals surface area contributed by atoms with Crippen LogP contribution in [-0.4, -0.2) is 18.0 Å². The summed E-state index contributed by atoms with van der Waals surface area (Å²) >= 11 is 1.08. The monoisotopic (exact) mass is 240 g/mol. The maximum absolute atomic E-state index is 11.2. The van der Waals surface area contributed by atoms with Crippen LogP contribution in [-0.2, 0) is 4.74 Å². The van der Waals surface area contributed by atoms with Crippen molar-refractivity contribution in [2.24, 2.45) is 0 Å². The first-order chi connectivity index (χ1) is 7.61. The number of carbonyl (C=O) groups excluding carboxylic acids is 1. The van der Waals surface area contributed by atoms with Gasteiger partial charge in [-0.05, 0) is 56.8 Å². The molecule has 0 aromatic heterocycles. The molecule has 16 heavy (non-hydrogen) atoms. The van der Waals surface area contributed by atoms with Crippen LogP contribution in [0.4, 0.5) is 4.79 Å². The lowest BCUT2D eigenvalue weighted by atomic mass is 10.3. The second-order valence-corrected chi connectivity index (χ2v) is 4.43. The smallest absolute Gasteiger partial charge is 0.372 e. The van der Waals surface area contributed by atoms with Crippen molar-refractivity contribution in [2.45, 2.75) is 31.8 Å². The lowest BCUT2D eigenvalue weighted by Crippen LogP contribution is -2.05. The van der Waals surface area contributed by atoms with Crippen molar-refractivity contribution in [3.05, 3.63) is 24.3 Å². The van der Waals surface area contributed by atoms with Crippen LogP contribution >= 0.6 is 11.8 Å². The highest BCUT2D eigenvalue weighted by Crippen LogP contribution is 2.23. The van der Waals surface area contributed by atoms with E-state index in [1.54, 1.807) is 6.92 Å². The number of benzene rings is 1. The van der Waals surface area contributed by atoms with Gasteiger partial charge in [-0.3, -0.25) is 0 Å². The fourth-order valence-electron chi connectivity index (χ4n) is 1.10. The van der Waals surface area contributed by atoms with Crippen molar-refractivity contribution < 1.29 is 14.3 Å². The second-order valence-electron chi connectivity index (χ2n) is 3.42. The summed E-state index contributed by atoms with van der Waals surface area (Å²) in [6.45, 7) is 6.14. The Morgan fingerprint density at radius 2 is 1.94 bits per heavy atom. The number of ether oxygens (including phenoxy) is 2. The summed E-state index contributed by atoms with van der Waals surface area (Å²) in [6, 6.07) is 7.39. The van der Waals surface area contributed by atoms with E-state index in [4.69, 9.17) is 9.47 Å². The predicted octanol–water partition coefficient (Wildman–Crippen LogP) is 3.72. The van der Waals surface area contributed by atoms with Crippen LogP contribution < -0.4 is 4.74 Å². The Labute approximate surface area is 100 Å². The van der Waals surface area contributed by atoms with Gasteiger partial charge in [0.15, 0.2) is 0 Å². The van der Waals surface area contributed by atoms with Crippen molar-refractivity contribution >= 4 is 17.1 Å². The van der Waals surface area contributed by atoms with E-state index in [1.807, 2.05) is 38.1 Å². The van der Waals surface area contributed by atoms with Crippen molar-refractivity contribution in [1.29, 1.82) is 0 Å². The first-order valence-electron chi connectivity index (χ1n) is 5.23. The fourth-order valence-corrected chi connectivity index (χ4v) is 1.74. The number of carbonyl (C=O) groups is 1. The Kier molecular flexibility index (Phi) is 5.19. The molecule has 3 nitrogen and oxygen atoms in total. The van der Waals surface area contributed by atoms with E-state index in [0.717, 1.165) is 22.4 Å². The Bertz CT molecular complexity index is 333. The molecule has 0 atom stereocenters. The Morgan fingerprint density at radius 3 is 2.44 bits per heavy atom. The summed E-state index contributed by atoms with van der Waals surface area (Å²) in [5.74, 6) is 0.809. The van der Waals surface area contributed by atoms with E-state index in [9.17, 15) is 4.79 Å². The molecule has 88 valence electrons. The quantitative estimate of drug-likeness (QED) is 0.593. The van der Waals surface area contributed by atoms with Gasteiger partial charge in [-0.15, -0.1) is 0 Å². The molecule has 0 bridgehead atoms. The fraction of sp³-hybridized carbons (Fsp3) is 0.417. The lowest BCUT2D eigenvalue weighted by molar-refractivity contribution is 0.181. The van der Waals surface area contributed by atoms with Gasteiger partial charge < -0.3 is 9.47 Å². The molecule has 0 aliphatic carbocycles. The summed E-state index contributed by atoms with van der Waals surface area (Å²) in [7, 11) is 0. The Balaban J connectivity index is 2.54. The summed E-state index contributed by atoms with van der Waals surface area (Å²) in [5, 5.41) is -0.278. The molecule has 0 saturated carbocycles. The molecule has 4 heteroatoms. The topological polar surface area (TPSA) is 35.5 Å². The van der Waals surface area contributed by atoms with E-state index in [-0.39, 0.29) is 11.4 Å². The van der Waals surface area contributed by atoms with E-state index in [1.165, 1.54) is 0 Å². The van der Waals surface area contributed by atoms with Gasteiger partial charge in [0.25, 0.3) is 0 Å². The third-order valence-corrected chi connectivity index (χ3v) is 2.45. The van der Waals surface area contributed by atoms with Gasteiger partial charge in [0.1, 0.15) is 5.75 Å². The Hall–Kier alpha value is -1.16. The minimum atomic E-state index is -0.278. The molecule has 1 aromatic carbocycles. The van der Waals surface area contributed by atoms with Crippen LogP contribution in [0, 0.1) is 0 Å². The summed E-state index contributed by atoms with van der Waals surface area (Å²) in [6.07, 6.45) is 0.156. The van der Waals surface area contributed by atoms with Gasteiger partial charge in [0.2, 0.25) is 0 Å². The highest BCUT2D eigenvalue weighted by Gasteiger charge is 2.05. The molecule has 0 aliphatic heterocycles. The molecule has 1 aromatic rings. The van der Waals surface area contributed by atoms with Crippen molar-refractivity contribution in [3.63, 3.8) is 0 Å². The summed E-state index contributed by atoms with van der Waals surface area (Å²) in [4.78, 5) is 12.0. The van der Waals surface area contributed by atoms with E-state index in [0.29, 0.717) is 6.61 Å². The van der Waals surface area contributed by atoms with Crippen LogP contribution in [0.5, 0.6) is 5.75 Å². The zero-order valence-corrected chi connectivity index (χ0v) is 10.5. The average molecular weight is 240 g/mol. The zero-order chi connectivity index (χ0) is 12.0. The highest BCUT2D eigenvalue weighted by molar-refractivity contribution is 8.13. The van der Waals surface area contributed by atoms with Crippen LogP contribution in [0.15, 0.2) is 29.2 Å². The molecular formula is C12H16O3S. The molecule has 0 fully saturated rings. The molecular weight excluding hydrogens is 224 g/mol. The second kappa shape index (κ2) is 6.43. The molecule has 0 unspecified atom stereocenters. The van der Waals surface area contributed by atoms with E-state index < -0.39 is 0 Å². The third-order valence-electron chi connectivity index (χ3n) is 1.66. The molecule has 0 aliphatic rings. The van der Waals surface area contributed by atoms with Crippen LogP contribution in [0.3, 0.4) is 0 Å². The summed E-state index contributed by atoms with van der Waals surface area (Å²) in [5.41, 5.74) is 0. The molecule has 0 heterocycles. The minimum absolute atomic E-state index is 0.156. The van der Waals surface area contributed by atoms with Gasteiger partial charge in [-0.1, -0.05) is 0 Å². The van der Waals surface area contributed by atoms with E-state index >= 15 is 0 Å². The molecule has 0 radical (unpaired) electrons. The van der Waals surface area contributed by atoms with Crippen molar-refractivity contribution in [1.82, 2.24) is 0 Å². The number of hydrogen-bond acceptors (Lipinski definition) is 4.